The van der Waals surface area contributed by atoms with E-state index >= 15 is 0 Å². The van der Waals surface area contributed by atoms with Crippen LogP contribution in [0.25, 0.3) is 0 Å². The molecule has 1 heterocycles. The van der Waals surface area contributed by atoms with Crippen LogP contribution in [0.5, 0.6) is 0 Å². The Morgan fingerprint density at radius 2 is 2.10 bits per heavy atom. The van der Waals surface area contributed by atoms with E-state index in [1.165, 1.54) is 12.8 Å². The van der Waals surface area contributed by atoms with Gasteiger partial charge >= 0.3 is 0 Å². The number of benzene rings is 1. The highest BCUT2D eigenvalue weighted by Gasteiger charge is 2.25. The largest absolute Gasteiger partial charge is 0.396 e. The lowest BCUT2D eigenvalue weighted by Crippen LogP contribution is -2.38. The van der Waals surface area contributed by atoms with Gasteiger partial charge in [-0.25, -0.2) is 0 Å². The van der Waals surface area contributed by atoms with Crippen LogP contribution in [0.1, 0.15) is 31.2 Å². The van der Waals surface area contributed by atoms with Crippen LogP contribution in [0.4, 0.5) is 0 Å². The molecule has 0 aromatic heterocycles. The van der Waals surface area contributed by atoms with E-state index < -0.39 is 6.10 Å². The Morgan fingerprint density at radius 1 is 1.29 bits per heavy atom. The Morgan fingerprint density at radius 3 is 2.86 bits per heavy atom. The zero-order valence-corrected chi connectivity index (χ0v) is 12.7. The van der Waals surface area contributed by atoms with E-state index in [4.69, 9.17) is 9.84 Å². The number of hydrogen-bond acceptors (Lipinski definition) is 4. The summed E-state index contributed by atoms with van der Waals surface area (Å²) in [4.78, 5) is 2.34. The molecule has 1 aromatic rings. The van der Waals surface area contributed by atoms with Gasteiger partial charge in [0.05, 0.1) is 19.3 Å². The molecule has 2 rings (SSSR count). The predicted octanol–water partition coefficient (Wildman–Crippen LogP) is 1.80. The van der Waals surface area contributed by atoms with Gasteiger partial charge in [0.15, 0.2) is 0 Å². The van der Waals surface area contributed by atoms with Crippen molar-refractivity contribution in [3.8, 4) is 0 Å². The van der Waals surface area contributed by atoms with Gasteiger partial charge in [0, 0.05) is 19.2 Å². The quantitative estimate of drug-likeness (QED) is 0.729. The van der Waals surface area contributed by atoms with Crippen molar-refractivity contribution in [2.45, 2.75) is 44.4 Å². The highest BCUT2D eigenvalue weighted by atomic mass is 16.5. The molecule has 118 valence electrons. The summed E-state index contributed by atoms with van der Waals surface area (Å²) in [7, 11) is 0. The molecule has 0 amide bonds. The third kappa shape index (κ3) is 5.75. The number of aliphatic hydroxyl groups is 2. The van der Waals surface area contributed by atoms with Crippen LogP contribution in [0.15, 0.2) is 30.3 Å². The van der Waals surface area contributed by atoms with Crippen LogP contribution in [0.2, 0.25) is 0 Å². The summed E-state index contributed by atoms with van der Waals surface area (Å²) >= 11 is 0. The SMILES string of the molecule is OCCCC1CCCN1CC(O)COCc1ccccc1. The summed E-state index contributed by atoms with van der Waals surface area (Å²) in [5, 5.41) is 19.0. The molecular weight excluding hydrogens is 266 g/mol. The second-order valence-corrected chi connectivity index (χ2v) is 5.81. The normalized spacial score (nSPS) is 20.8. The third-order valence-corrected chi connectivity index (χ3v) is 4.06. The number of rotatable bonds is 9. The third-order valence-electron chi connectivity index (χ3n) is 4.06. The summed E-state index contributed by atoms with van der Waals surface area (Å²) in [5.41, 5.74) is 1.13. The van der Waals surface area contributed by atoms with Crippen LogP contribution in [-0.4, -0.2) is 53.6 Å². The van der Waals surface area contributed by atoms with Gasteiger partial charge in [-0.1, -0.05) is 30.3 Å². The summed E-state index contributed by atoms with van der Waals surface area (Å²) in [5.74, 6) is 0. The summed E-state index contributed by atoms with van der Waals surface area (Å²) in [6.07, 6.45) is 3.80. The smallest absolute Gasteiger partial charge is 0.0900 e. The van der Waals surface area contributed by atoms with Crippen LogP contribution in [0, 0.1) is 0 Å². The average Bonchev–Trinajstić information content (AvgIpc) is 2.93. The number of aliphatic hydroxyl groups excluding tert-OH is 2. The van der Waals surface area contributed by atoms with Crippen molar-refractivity contribution in [3.63, 3.8) is 0 Å². The first-order valence-corrected chi connectivity index (χ1v) is 7.94. The molecule has 4 heteroatoms. The minimum Gasteiger partial charge on any atom is -0.396 e. The molecule has 2 N–H and O–H groups in total. The van der Waals surface area contributed by atoms with E-state index in [1.807, 2.05) is 30.3 Å². The van der Waals surface area contributed by atoms with Crippen molar-refractivity contribution in [2.24, 2.45) is 0 Å². The molecule has 0 spiro atoms. The first-order valence-electron chi connectivity index (χ1n) is 7.94. The van der Waals surface area contributed by atoms with E-state index in [1.54, 1.807) is 0 Å². The van der Waals surface area contributed by atoms with E-state index in [9.17, 15) is 5.11 Å². The van der Waals surface area contributed by atoms with Crippen LogP contribution >= 0.6 is 0 Å². The highest BCUT2D eigenvalue weighted by molar-refractivity contribution is 5.13. The Balaban J connectivity index is 1.65. The minimum absolute atomic E-state index is 0.257. The molecule has 0 radical (unpaired) electrons. The van der Waals surface area contributed by atoms with E-state index in [-0.39, 0.29) is 6.61 Å². The monoisotopic (exact) mass is 293 g/mol. The number of ether oxygens (including phenoxy) is 1. The van der Waals surface area contributed by atoms with Gasteiger partial charge in [0.2, 0.25) is 0 Å². The summed E-state index contributed by atoms with van der Waals surface area (Å²) in [6.45, 7) is 2.90. The van der Waals surface area contributed by atoms with Gasteiger partial charge in [-0.2, -0.15) is 0 Å². The van der Waals surface area contributed by atoms with Crippen molar-refractivity contribution in [3.05, 3.63) is 35.9 Å². The molecule has 0 bridgehead atoms. The average molecular weight is 293 g/mol. The fourth-order valence-corrected chi connectivity index (χ4v) is 3.00. The fourth-order valence-electron chi connectivity index (χ4n) is 3.00. The zero-order chi connectivity index (χ0) is 14.9. The van der Waals surface area contributed by atoms with E-state index in [0.717, 1.165) is 24.9 Å². The van der Waals surface area contributed by atoms with E-state index in [0.29, 0.717) is 25.8 Å². The standard InChI is InChI=1S/C17H27NO3/c19-11-5-9-16-8-4-10-18(16)12-17(20)14-21-13-15-6-2-1-3-7-15/h1-3,6-7,16-17,19-20H,4-5,8-14H2. The Labute approximate surface area is 127 Å². The van der Waals surface area contributed by atoms with E-state index in [2.05, 4.69) is 4.90 Å². The van der Waals surface area contributed by atoms with Crippen LogP contribution in [0.3, 0.4) is 0 Å². The Hall–Kier alpha value is -0.940. The van der Waals surface area contributed by atoms with Crippen molar-refractivity contribution in [2.75, 3.05) is 26.3 Å². The van der Waals surface area contributed by atoms with Crippen LogP contribution < -0.4 is 0 Å². The van der Waals surface area contributed by atoms with Gasteiger partial charge in [-0.3, -0.25) is 4.90 Å². The molecule has 21 heavy (non-hydrogen) atoms. The van der Waals surface area contributed by atoms with Crippen molar-refractivity contribution < 1.29 is 14.9 Å². The van der Waals surface area contributed by atoms with Gasteiger partial charge in [-0.05, 0) is 37.8 Å². The molecular formula is C17H27NO3. The van der Waals surface area contributed by atoms with Crippen LogP contribution in [-0.2, 0) is 11.3 Å². The molecule has 0 saturated carbocycles. The maximum Gasteiger partial charge on any atom is 0.0900 e. The Bertz CT molecular complexity index is 385. The molecule has 2 unspecified atom stereocenters. The number of likely N-dealkylation sites (tertiary alicyclic amines) is 1. The summed E-state index contributed by atoms with van der Waals surface area (Å²) in [6, 6.07) is 10.5. The predicted molar refractivity (Wildman–Crippen MR) is 83.0 cm³/mol. The van der Waals surface area contributed by atoms with Gasteiger partial charge in [0.1, 0.15) is 0 Å². The Kier molecular flexibility index (Phi) is 7.16. The van der Waals surface area contributed by atoms with Crippen molar-refractivity contribution in [1.82, 2.24) is 4.90 Å². The van der Waals surface area contributed by atoms with Crippen molar-refractivity contribution >= 4 is 0 Å². The van der Waals surface area contributed by atoms with Gasteiger partial charge in [-0.15, -0.1) is 0 Å². The molecule has 1 aliphatic heterocycles. The molecule has 1 aromatic carbocycles. The number of hydrogen-bond donors (Lipinski definition) is 2. The maximum atomic E-state index is 10.1. The number of β-amino-alcohol motifs (C(OH)–C–C–N with tert-alkyl or cyclic N) is 1. The molecule has 1 saturated heterocycles. The first-order chi connectivity index (χ1) is 10.3. The lowest BCUT2D eigenvalue weighted by Gasteiger charge is -2.26. The van der Waals surface area contributed by atoms with Gasteiger partial charge in [0.25, 0.3) is 0 Å². The minimum atomic E-state index is -0.441. The maximum absolute atomic E-state index is 10.1. The topological polar surface area (TPSA) is 52.9 Å². The molecule has 0 aliphatic carbocycles. The molecule has 1 fully saturated rings. The molecule has 2 atom stereocenters. The highest BCUT2D eigenvalue weighted by Crippen LogP contribution is 2.21. The fraction of sp³-hybridized carbons (Fsp3) is 0.647. The summed E-state index contributed by atoms with van der Waals surface area (Å²) < 4.78 is 5.59. The second-order valence-electron chi connectivity index (χ2n) is 5.81. The first kappa shape index (κ1) is 16.4. The van der Waals surface area contributed by atoms with Gasteiger partial charge < -0.3 is 14.9 Å². The lowest BCUT2D eigenvalue weighted by atomic mass is 10.1. The molecule has 4 nitrogen and oxygen atoms in total. The van der Waals surface area contributed by atoms with Crippen molar-refractivity contribution in [1.29, 1.82) is 0 Å². The lowest BCUT2D eigenvalue weighted by molar-refractivity contribution is 0.00705. The second kappa shape index (κ2) is 9.15. The molecule has 1 aliphatic rings. The number of nitrogens with zero attached hydrogens (tertiary/aromatic N) is 1. The zero-order valence-electron chi connectivity index (χ0n) is 12.7.